The van der Waals surface area contributed by atoms with Gasteiger partial charge < -0.3 is 5.73 Å². The first kappa shape index (κ1) is 12.4. The highest BCUT2D eigenvalue weighted by atomic mass is 32.1. The highest BCUT2D eigenvalue weighted by molar-refractivity contribution is 7.17. The van der Waals surface area contributed by atoms with Crippen molar-refractivity contribution >= 4 is 21.4 Å². The van der Waals surface area contributed by atoms with Crippen LogP contribution in [0.15, 0.2) is 53.9 Å². The van der Waals surface area contributed by atoms with Crippen LogP contribution < -0.4 is 5.73 Å². The van der Waals surface area contributed by atoms with Crippen molar-refractivity contribution < 1.29 is 0 Å². The van der Waals surface area contributed by atoms with E-state index in [9.17, 15) is 0 Å². The molecule has 19 heavy (non-hydrogen) atoms. The maximum absolute atomic E-state index is 6.06. The second-order valence-corrected chi connectivity index (χ2v) is 5.70. The second kappa shape index (κ2) is 5.16. The third kappa shape index (κ3) is 2.29. The van der Waals surface area contributed by atoms with Gasteiger partial charge in [0.2, 0.25) is 0 Å². The summed E-state index contributed by atoms with van der Waals surface area (Å²) in [5.74, 6) is 0. The number of hydrogen-bond acceptors (Lipinski definition) is 2. The molecule has 0 fully saturated rings. The molecule has 1 atom stereocenters. The minimum Gasteiger partial charge on any atom is -0.324 e. The summed E-state index contributed by atoms with van der Waals surface area (Å²) in [5, 5.41) is 3.46. The Morgan fingerprint density at radius 1 is 1.05 bits per heavy atom. The SMILES string of the molecule is CCC(N)c1ccc(-c2cccc3ccsc23)cc1. The molecule has 1 unspecified atom stereocenters. The van der Waals surface area contributed by atoms with Gasteiger partial charge in [-0.3, -0.25) is 0 Å². The molecule has 0 saturated carbocycles. The molecule has 0 radical (unpaired) electrons. The predicted molar refractivity (Wildman–Crippen MR) is 84.5 cm³/mol. The van der Waals surface area contributed by atoms with Crippen LogP contribution in [-0.4, -0.2) is 0 Å². The first-order valence-corrected chi connectivity index (χ1v) is 7.49. The van der Waals surface area contributed by atoms with Gasteiger partial charge in [-0.25, -0.2) is 0 Å². The number of nitrogens with two attached hydrogens (primary N) is 1. The molecule has 0 spiro atoms. The van der Waals surface area contributed by atoms with E-state index in [1.54, 1.807) is 11.3 Å². The predicted octanol–water partition coefficient (Wildman–Crippen LogP) is 4.98. The van der Waals surface area contributed by atoms with Gasteiger partial charge in [-0.1, -0.05) is 49.4 Å². The number of thiophene rings is 1. The van der Waals surface area contributed by atoms with Gasteiger partial charge in [0.25, 0.3) is 0 Å². The molecule has 3 aromatic rings. The Labute approximate surface area is 117 Å². The largest absolute Gasteiger partial charge is 0.324 e. The van der Waals surface area contributed by atoms with E-state index in [4.69, 9.17) is 5.73 Å². The Morgan fingerprint density at radius 3 is 2.58 bits per heavy atom. The molecule has 1 nitrogen and oxygen atoms in total. The van der Waals surface area contributed by atoms with Gasteiger partial charge in [0.1, 0.15) is 0 Å². The fourth-order valence-corrected chi connectivity index (χ4v) is 3.30. The Balaban J connectivity index is 2.05. The first-order valence-electron chi connectivity index (χ1n) is 6.61. The van der Waals surface area contributed by atoms with Gasteiger partial charge in [-0.2, -0.15) is 0 Å². The molecule has 0 bridgehead atoms. The normalized spacial score (nSPS) is 12.7. The van der Waals surface area contributed by atoms with Crippen molar-refractivity contribution in [2.45, 2.75) is 19.4 Å². The lowest BCUT2D eigenvalue weighted by Gasteiger charge is -2.10. The van der Waals surface area contributed by atoms with Gasteiger partial charge in [0.05, 0.1) is 0 Å². The zero-order valence-corrected chi connectivity index (χ0v) is 11.8. The van der Waals surface area contributed by atoms with Crippen molar-refractivity contribution in [3.63, 3.8) is 0 Å². The Bertz CT molecular complexity index is 682. The van der Waals surface area contributed by atoms with E-state index in [2.05, 4.69) is 60.8 Å². The molecule has 2 N–H and O–H groups in total. The number of fused-ring (bicyclic) bond motifs is 1. The molecule has 2 heteroatoms. The lowest BCUT2D eigenvalue weighted by atomic mass is 9.99. The molecule has 0 aliphatic rings. The van der Waals surface area contributed by atoms with E-state index in [0.29, 0.717) is 0 Å². The molecule has 0 amide bonds. The van der Waals surface area contributed by atoms with Gasteiger partial charge in [-0.05, 0) is 39.9 Å². The molecule has 0 saturated heterocycles. The van der Waals surface area contributed by atoms with Crippen LogP contribution in [-0.2, 0) is 0 Å². The number of hydrogen-bond donors (Lipinski definition) is 1. The van der Waals surface area contributed by atoms with E-state index >= 15 is 0 Å². The quantitative estimate of drug-likeness (QED) is 0.711. The molecule has 1 heterocycles. The van der Waals surface area contributed by atoms with Crippen molar-refractivity contribution in [3.05, 3.63) is 59.5 Å². The molecular weight excluding hydrogens is 250 g/mol. The van der Waals surface area contributed by atoms with Gasteiger partial charge in [0, 0.05) is 10.7 Å². The first-order chi connectivity index (χ1) is 9.29. The highest BCUT2D eigenvalue weighted by Crippen LogP contribution is 2.32. The van der Waals surface area contributed by atoms with E-state index in [-0.39, 0.29) is 6.04 Å². The fourth-order valence-electron chi connectivity index (χ4n) is 2.37. The Morgan fingerprint density at radius 2 is 1.84 bits per heavy atom. The van der Waals surface area contributed by atoms with Crippen molar-refractivity contribution in [1.82, 2.24) is 0 Å². The van der Waals surface area contributed by atoms with Gasteiger partial charge in [0.15, 0.2) is 0 Å². The maximum Gasteiger partial charge on any atom is 0.0421 e. The summed E-state index contributed by atoms with van der Waals surface area (Å²) in [6, 6.07) is 17.4. The van der Waals surface area contributed by atoms with Crippen LogP contribution in [0.2, 0.25) is 0 Å². The fraction of sp³-hybridized carbons (Fsp3) is 0.176. The highest BCUT2D eigenvalue weighted by Gasteiger charge is 2.06. The standard InChI is InChI=1S/C17H17NS/c1-2-16(18)13-8-6-12(7-9-13)15-5-3-4-14-10-11-19-17(14)15/h3-11,16H,2,18H2,1H3. The van der Waals surface area contributed by atoms with Crippen LogP contribution in [0.25, 0.3) is 21.2 Å². The second-order valence-electron chi connectivity index (χ2n) is 4.78. The van der Waals surface area contributed by atoms with Crippen molar-refractivity contribution in [2.75, 3.05) is 0 Å². The third-order valence-electron chi connectivity index (χ3n) is 3.57. The topological polar surface area (TPSA) is 26.0 Å². The van der Waals surface area contributed by atoms with Crippen molar-refractivity contribution in [1.29, 1.82) is 0 Å². The monoisotopic (exact) mass is 267 g/mol. The van der Waals surface area contributed by atoms with Crippen LogP contribution in [0.5, 0.6) is 0 Å². The molecule has 1 aromatic heterocycles. The average molecular weight is 267 g/mol. The van der Waals surface area contributed by atoms with Gasteiger partial charge >= 0.3 is 0 Å². The molecule has 2 aromatic carbocycles. The summed E-state index contributed by atoms with van der Waals surface area (Å²) in [4.78, 5) is 0. The van der Waals surface area contributed by atoms with E-state index < -0.39 is 0 Å². The summed E-state index contributed by atoms with van der Waals surface area (Å²) in [5.41, 5.74) is 9.85. The number of benzene rings is 2. The minimum absolute atomic E-state index is 0.145. The molecule has 0 aliphatic carbocycles. The van der Waals surface area contributed by atoms with Crippen molar-refractivity contribution in [3.8, 4) is 11.1 Å². The van der Waals surface area contributed by atoms with Gasteiger partial charge in [-0.15, -0.1) is 11.3 Å². The molecule has 0 aliphatic heterocycles. The summed E-state index contributed by atoms with van der Waals surface area (Å²) < 4.78 is 1.36. The lowest BCUT2D eigenvalue weighted by molar-refractivity contribution is 0.699. The zero-order valence-electron chi connectivity index (χ0n) is 11.0. The van der Waals surface area contributed by atoms with Crippen LogP contribution in [0, 0.1) is 0 Å². The van der Waals surface area contributed by atoms with Crippen molar-refractivity contribution in [2.24, 2.45) is 5.73 Å². The van der Waals surface area contributed by atoms with Crippen LogP contribution in [0.4, 0.5) is 0 Å². The summed E-state index contributed by atoms with van der Waals surface area (Å²) in [7, 11) is 0. The summed E-state index contributed by atoms with van der Waals surface area (Å²) in [6.07, 6.45) is 0.972. The van der Waals surface area contributed by atoms with E-state index in [1.807, 2.05) is 0 Å². The van der Waals surface area contributed by atoms with E-state index in [0.717, 1.165) is 6.42 Å². The number of rotatable bonds is 3. The van der Waals surface area contributed by atoms with Crippen LogP contribution in [0.3, 0.4) is 0 Å². The average Bonchev–Trinajstić information content (AvgIpc) is 2.95. The third-order valence-corrected chi connectivity index (χ3v) is 4.53. The van der Waals surface area contributed by atoms with Crippen LogP contribution in [0.1, 0.15) is 24.9 Å². The van der Waals surface area contributed by atoms with E-state index in [1.165, 1.54) is 26.8 Å². The summed E-state index contributed by atoms with van der Waals surface area (Å²) >= 11 is 1.80. The maximum atomic E-state index is 6.06. The lowest BCUT2D eigenvalue weighted by Crippen LogP contribution is -2.07. The molecular formula is C17H17NS. The minimum atomic E-state index is 0.145. The smallest absolute Gasteiger partial charge is 0.0421 e. The zero-order chi connectivity index (χ0) is 13.2. The summed E-state index contributed by atoms with van der Waals surface area (Å²) in [6.45, 7) is 2.12. The molecule has 96 valence electrons. The Hall–Kier alpha value is -1.64. The molecule has 3 rings (SSSR count). The van der Waals surface area contributed by atoms with Crippen LogP contribution >= 0.6 is 11.3 Å². The Kier molecular flexibility index (Phi) is 3.36.